The second-order valence-corrected chi connectivity index (χ2v) is 7.90. The molecule has 2 aromatic rings. The third-order valence-corrected chi connectivity index (χ3v) is 6.27. The number of pyridine rings is 1. The van der Waals surface area contributed by atoms with Crippen molar-refractivity contribution in [3.05, 3.63) is 42.1 Å². The molecule has 2 fully saturated rings. The number of hydrogen-bond acceptors (Lipinski definition) is 3. The minimum absolute atomic E-state index is 0.0104. The molecule has 26 heavy (non-hydrogen) atoms. The van der Waals surface area contributed by atoms with Gasteiger partial charge in [-0.2, -0.15) is 0 Å². The zero-order valence-corrected chi connectivity index (χ0v) is 15.5. The highest BCUT2D eigenvalue weighted by Gasteiger charge is 2.38. The van der Waals surface area contributed by atoms with E-state index in [1.807, 2.05) is 30.3 Å². The summed E-state index contributed by atoms with van der Waals surface area (Å²) in [6.07, 6.45) is 12.0. The molecule has 4 rings (SSSR count). The Bertz CT molecular complexity index is 756. The van der Waals surface area contributed by atoms with Crippen molar-refractivity contribution >= 4 is 16.8 Å². The summed E-state index contributed by atoms with van der Waals surface area (Å²) in [4.78, 5) is 20.1. The molecule has 2 aliphatic rings. The molecule has 1 amide bonds. The zero-order chi connectivity index (χ0) is 17.8. The summed E-state index contributed by atoms with van der Waals surface area (Å²) in [6.45, 7) is 3.13. The van der Waals surface area contributed by atoms with Gasteiger partial charge >= 0.3 is 0 Å². The van der Waals surface area contributed by atoms with Crippen molar-refractivity contribution in [3.63, 3.8) is 0 Å². The summed E-state index contributed by atoms with van der Waals surface area (Å²) in [5, 5.41) is 4.30. The average molecular weight is 351 g/mol. The molecular formula is C22H29N3O. The first-order chi connectivity index (χ1) is 12.8. The van der Waals surface area contributed by atoms with Crippen LogP contribution in [0.3, 0.4) is 0 Å². The summed E-state index contributed by atoms with van der Waals surface area (Å²) in [6, 6.07) is 9.77. The SMILES string of the molecule is O=C(NCC1(N2CCCCC2)CCCCC1)c1cccc2cccnc12. The minimum Gasteiger partial charge on any atom is -0.350 e. The highest BCUT2D eigenvalue weighted by Crippen LogP contribution is 2.35. The largest absolute Gasteiger partial charge is 0.350 e. The van der Waals surface area contributed by atoms with Crippen molar-refractivity contribution < 1.29 is 4.79 Å². The fourth-order valence-electron chi connectivity index (χ4n) is 4.81. The Morgan fingerprint density at radius 3 is 2.54 bits per heavy atom. The fourth-order valence-corrected chi connectivity index (χ4v) is 4.81. The number of amides is 1. The number of benzene rings is 1. The van der Waals surface area contributed by atoms with Crippen molar-refractivity contribution in [2.75, 3.05) is 19.6 Å². The van der Waals surface area contributed by atoms with Gasteiger partial charge in [-0.25, -0.2) is 0 Å². The Hall–Kier alpha value is -1.94. The van der Waals surface area contributed by atoms with Crippen molar-refractivity contribution in [1.29, 1.82) is 0 Å². The second kappa shape index (κ2) is 7.75. The van der Waals surface area contributed by atoms with E-state index < -0.39 is 0 Å². The third kappa shape index (κ3) is 3.48. The topological polar surface area (TPSA) is 45.2 Å². The number of hydrogen-bond donors (Lipinski definition) is 1. The minimum atomic E-state index is 0.0104. The molecule has 0 bridgehead atoms. The van der Waals surface area contributed by atoms with E-state index in [1.165, 1.54) is 64.5 Å². The van der Waals surface area contributed by atoms with Gasteiger partial charge in [0.25, 0.3) is 5.91 Å². The molecular weight excluding hydrogens is 322 g/mol. The quantitative estimate of drug-likeness (QED) is 0.900. The predicted octanol–water partition coefficient (Wildman–Crippen LogP) is 4.15. The van der Waals surface area contributed by atoms with Crippen LogP contribution in [0, 0.1) is 0 Å². The number of para-hydroxylation sites is 1. The number of likely N-dealkylation sites (tertiary alicyclic amines) is 1. The van der Waals surface area contributed by atoms with Gasteiger partial charge in [0, 0.05) is 23.7 Å². The van der Waals surface area contributed by atoms with Crippen LogP contribution in [-0.2, 0) is 0 Å². The molecule has 1 aliphatic carbocycles. The van der Waals surface area contributed by atoms with Crippen LogP contribution in [0.1, 0.15) is 61.7 Å². The second-order valence-electron chi connectivity index (χ2n) is 7.90. The lowest BCUT2D eigenvalue weighted by atomic mass is 9.79. The summed E-state index contributed by atoms with van der Waals surface area (Å²) in [5.74, 6) is 0.0104. The van der Waals surface area contributed by atoms with Crippen molar-refractivity contribution in [2.45, 2.75) is 56.9 Å². The number of aromatic nitrogens is 1. The maximum atomic E-state index is 13.0. The van der Waals surface area contributed by atoms with Gasteiger partial charge in [0.15, 0.2) is 0 Å². The maximum absolute atomic E-state index is 13.0. The van der Waals surface area contributed by atoms with Crippen LogP contribution in [-0.4, -0.2) is 41.0 Å². The zero-order valence-electron chi connectivity index (χ0n) is 15.5. The van der Waals surface area contributed by atoms with Crippen molar-refractivity contribution in [2.24, 2.45) is 0 Å². The first kappa shape index (κ1) is 17.5. The number of fused-ring (bicyclic) bond motifs is 1. The summed E-state index contributed by atoms with van der Waals surface area (Å²) in [7, 11) is 0. The van der Waals surface area contributed by atoms with Gasteiger partial charge in [-0.05, 0) is 50.9 Å². The lowest BCUT2D eigenvalue weighted by Crippen LogP contribution is -2.58. The molecule has 0 radical (unpaired) electrons. The van der Waals surface area contributed by atoms with E-state index >= 15 is 0 Å². The molecule has 0 spiro atoms. The Labute approximate surface area is 156 Å². The lowest BCUT2D eigenvalue weighted by molar-refractivity contribution is 0.0327. The van der Waals surface area contributed by atoms with Crippen molar-refractivity contribution in [1.82, 2.24) is 15.2 Å². The molecule has 0 unspecified atom stereocenters. The third-order valence-electron chi connectivity index (χ3n) is 6.27. The molecule has 1 aromatic carbocycles. The first-order valence-electron chi connectivity index (χ1n) is 10.2. The summed E-state index contributed by atoms with van der Waals surface area (Å²) in [5.41, 5.74) is 1.64. The van der Waals surface area contributed by atoms with Gasteiger partial charge in [-0.1, -0.05) is 43.9 Å². The summed E-state index contributed by atoms with van der Waals surface area (Å²) >= 11 is 0. The molecule has 1 N–H and O–H groups in total. The molecule has 2 heterocycles. The van der Waals surface area contributed by atoms with Crippen LogP contribution >= 0.6 is 0 Å². The molecule has 1 aromatic heterocycles. The maximum Gasteiger partial charge on any atom is 0.253 e. The molecule has 138 valence electrons. The highest BCUT2D eigenvalue weighted by molar-refractivity contribution is 6.05. The van der Waals surface area contributed by atoms with Gasteiger partial charge in [0.05, 0.1) is 11.1 Å². The van der Waals surface area contributed by atoms with Gasteiger partial charge in [-0.3, -0.25) is 14.7 Å². The average Bonchev–Trinajstić information content (AvgIpc) is 2.73. The van der Waals surface area contributed by atoms with E-state index in [0.29, 0.717) is 5.56 Å². The normalized spacial score (nSPS) is 20.8. The van der Waals surface area contributed by atoms with E-state index in [1.54, 1.807) is 6.20 Å². The van der Waals surface area contributed by atoms with Crippen LogP contribution in [0.5, 0.6) is 0 Å². The van der Waals surface area contributed by atoms with Crippen LogP contribution in [0.25, 0.3) is 10.9 Å². The van der Waals surface area contributed by atoms with E-state index in [4.69, 9.17) is 0 Å². The number of nitrogens with zero attached hydrogens (tertiary/aromatic N) is 2. The number of nitrogens with one attached hydrogen (secondary N) is 1. The number of rotatable bonds is 4. The fraction of sp³-hybridized carbons (Fsp3) is 0.545. The summed E-state index contributed by atoms with van der Waals surface area (Å²) < 4.78 is 0. The Morgan fingerprint density at radius 2 is 1.73 bits per heavy atom. The van der Waals surface area contributed by atoms with Gasteiger partial charge in [0.1, 0.15) is 0 Å². The molecule has 0 atom stereocenters. The highest BCUT2D eigenvalue weighted by atomic mass is 16.1. The van der Waals surface area contributed by atoms with Gasteiger partial charge < -0.3 is 5.32 Å². The van der Waals surface area contributed by atoms with Crippen LogP contribution in [0.4, 0.5) is 0 Å². The first-order valence-corrected chi connectivity index (χ1v) is 10.2. The van der Waals surface area contributed by atoms with Crippen molar-refractivity contribution in [3.8, 4) is 0 Å². The Balaban J connectivity index is 1.52. The number of piperidine rings is 1. The molecule has 4 heteroatoms. The standard InChI is InChI=1S/C22H29N3O/c26-21(19-11-7-9-18-10-8-14-23-20(18)19)24-17-22(12-3-1-4-13-22)25-15-5-2-6-16-25/h7-11,14H,1-6,12-13,15-17H2,(H,24,26). The van der Waals surface area contributed by atoms with E-state index in [2.05, 4.69) is 15.2 Å². The van der Waals surface area contributed by atoms with Crippen LogP contribution in [0.15, 0.2) is 36.5 Å². The molecule has 1 saturated carbocycles. The monoisotopic (exact) mass is 351 g/mol. The van der Waals surface area contributed by atoms with Gasteiger partial charge in [-0.15, -0.1) is 0 Å². The Kier molecular flexibility index (Phi) is 5.21. The van der Waals surface area contributed by atoms with Crippen LogP contribution < -0.4 is 5.32 Å². The predicted molar refractivity (Wildman–Crippen MR) is 105 cm³/mol. The molecule has 4 nitrogen and oxygen atoms in total. The van der Waals surface area contributed by atoms with Crippen LogP contribution in [0.2, 0.25) is 0 Å². The molecule has 1 saturated heterocycles. The van der Waals surface area contributed by atoms with Gasteiger partial charge in [0.2, 0.25) is 0 Å². The Morgan fingerprint density at radius 1 is 1.00 bits per heavy atom. The van der Waals surface area contributed by atoms with E-state index in [0.717, 1.165) is 17.4 Å². The lowest BCUT2D eigenvalue weighted by Gasteiger charge is -2.48. The van der Waals surface area contributed by atoms with E-state index in [-0.39, 0.29) is 11.4 Å². The number of carbonyl (C=O) groups excluding carboxylic acids is 1. The molecule has 1 aliphatic heterocycles. The number of carbonyl (C=O) groups is 1. The van der Waals surface area contributed by atoms with E-state index in [9.17, 15) is 4.79 Å². The smallest absolute Gasteiger partial charge is 0.253 e.